The topological polar surface area (TPSA) is 97.2 Å². The van der Waals surface area contributed by atoms with Crippen LogP contribution in [0.25, 0.3) is 0 Å². The van der Waals surface area contributed by atoms with Crippen LogP contribution in [0, 0.1) is 16.0 Å². The van der Waals surface area contributed by atoms with E-state index in [0.29, 0.717) is 5.69 Å². The Morgan fingerprint density at radius 2 is 2.04 bits per heavy atom. The van der Waals surface area contributed by atoms with E-state index < -0.39 is 4.92 Å². The van der Waals surface area contributed by atoms with Crippen LogP contribution in [0.3, 0.4) is 0 Å². The monoisotopic (exact) mass is 340 g/mol. The standard InChI is InChI=1S/C15H21ClN4O3/c1-9(2)18-15(21)10-3-5-11(6-4-10)19-12-7-14(16)17-8-13(12)20(22)23/h7-11H,3-6H2,1-2H3,(H,17,19)(H,18,21)/t10-,11-. The third-order valence-corrected chi connectivity index (χ3v) is 4.14. The van der Waals surface area contributed by atoms with Gasteiger partial charge in [-0.25, -0.2) is 4.98 Å². The Bertz CT molecular complexity index is 586. The van der Waals surface area contributed by atoms with E-state index in [-0.39, 0.29) is 34.7 Å². The normalized spacial score (nSPS) is 21.0. The molecule has 0 radical (unpaired) electrons. The predicted octanol–water partition coefficient (Wildman–Crippen LogP) is 3.14. The molecule has 1 aromatic rings. The summed E-state index contributed by atoms with van der Waals surface area (Å²) in [6, 6.07) is 1.70. The van der Waals surface area contributed by atoms with Gasteiger partial charge in [0.15, 0.2) is 0 Å². The average molecular weight is 341 g/mol. The van der Waals surface area contributed by atoms with Gasteiger partial charge in [-0.2, -0.15) is 0 Å². The molecule has 23 heavy (non-hydrogen) atoms. The summed E-state index contributed by atoms with van der Waals surface area (Å²) in [4.78, 5) is 26.3. The van der Waals surface area contributed by atoms with Gasteiger partial charge < -0.3 is 10.6 Å². The van der Waals surface area contributed by atoms with Gasteiger partial charge in [0.2, 0.25) is 5.91 Å². The zero-order valence-corrected chi connectivity index (χ0v) is 14.0. The molecule has 0 unspecified atom stereocenters. The van der Waals surface area contributed by atoms with Gasteiger partial charge in [0.25, 0.3) is 0 Å². The maximum absolute atomic E-state index is 12.0. The van der Waals surface area contributed by atoms with Crippen molar-refractivity contribution in [2.75, 3.05) is 5.32 Å². The predicted molar refractivity (Wildman–Crippen MR) is 88.5 cm³/mol. The van der Waals surface area contributed by atoms with Gasteiger partial charge in [0, 0.05) is 24.1 Å². The molecule has 1 aliphatic rings. The lowest BCUT2D eigenvalue weighted by atomic mass is 9.85. The Labute approximate surface area is 140 Å². The van der Waals surface area contributed by atoms with Gasteiger partial charge in [-0.05, 0) is 39.5 Å². The summed E-state index contributed by atoms with van der Waals surface area (Å²) in [5.41, 5.74) is 0.291. The first-order valence-corrected chi connectivity index (χ1v) is 8.11. The number of halogens is 1. The molecule has 1 aromatic heterocycles. The summed E-state index contributed by atoms with van der Waals surface area (Å²) in [5, 5.41) is 17.4. The number of anilines is 1. The smallest absolute Gasteiger partial charge is 0.310 e. The number of carbonyl (C=O) groups excluding carboxylic acids is 1. The van der Waals surface area contributed by atoms with Gasteiger partial charge in [-0.1, -0.05) is 11.6 Å². The van der Waals surface area contributed by atoms with Crippen molar-refractivity contribution in [1.82, 2.24) is 10.3 Å². The van der Waals surface area contributed by atoms with E-state index in [2.05, 4.69) is 15.6 Å². The highest BCUT2D eigenvalue weighted by atomic mass is 35.5. The van der Waals surface area contributed by atoms with Crippen molar-refractivity contribution in [2.24, 2.45) is 5.92 Å². The summed E-state index contributed by atoms with van der Waals surface area (Å²) < 4.78 is 0. The molecular weight excluding hydrogens is 320 g/mol. The molecule has 0 saturated heterocycles. The second kappa shape index (κ2) is 7.59. The van der Waals surface area contributed by atoms with Gasteiger partial charge in [-0.3, -0.25) is 14.9 Å². The van der Waals surface area contributed by atoms with Crippen molar-refractivity contribution in [3.8, 4) is 0 Å². The number of hydrogen-bond donors (Lipinski definition) is 2. The van der Waals surface area contributed by atoms with E-state index in [9.17, 15) is 14.9 Å². The van der Waals surface area contributed by atoms with Crippen molar-refractivity contribution < 1.29 is 9.72 Å². The molecular formula is C15H21ClN4O3. The maximum Gasteiger partial charge on any atom is 0.310 e. The summed E-state index contributed by atoms with van der Waals surface area (Å²) in [6.07, 6.45) is 4.26. The second-order valence-corrected chi connectivity index (χ2v) is 6.52. The Morgan fingerprint density at radius 1 is 1.39 bits per heavy atom. The highest BCUT2D eigenvalue weighted by molar-refractivity contribution is 6.29. The Balaban J connectivity index is 1.96. The lowest BCUT2D eigenvalue weighted by Crippen LogP contribution is -2.38. The Kier molecular flexibility index (Phi) is 5.76. The minimum absolute atomic E-state index is 0.0199. The van der Waals surface area contributed by atoms with Crippen molar-refractivity contribution in [1.29, 1.82) is 0 Å². The van der Waals surface area contributed by atoms with Crippen LogP contribution in [0.1, 0.15) is 39.5 Å². The number of nitrogens with one attached hydrogen (secondary N) is 2. The van der Waals surface area contributed by atoms with Crippen molar-refractivity contribution in [2.45, 2.75) is 51.6 Å². The van der Waals surface area contributed by atoms with Gasteiger partial charge >= 0.3 is 5.69 Å². The van der Waals surface area contributed by atoms with E-state index in [0.717, 1.165) is 31.9 Å². The highest BCUT2D eigenvalue weighted by Crippen LogP contribution is 2.31. The number of amides is 1. The fraction of sp³-hybridized carbons (Fsp3) is 0.600. The molecule has 2 N–H and O–H groups in total. The fourth-order valence-corrected chi connectivity index (χ4v) is 2.96. The number of nitrogens with zero attached hydrogens (tertiary/aromatic N) is 2. The van der Waals surface area contributed by atoms with Gasteiger partial charge in [0.05, 0.1) is 4.92 Å². The first kappa shape index (κ1) is 17.5. The Hall–Kier alpha value is -1.89. The minimum Gasteiger partial charge on any atom is -0.377 e. The third-order valence-electron chi connectivity index (χ3n) is 3.93. The summed E-state index contributed by atoms with van der Waals surface area (Å²) >= 11 is 5.83. The SMILES string of the molecule is CC(C)NC(=O)[C@H]1CC[C@H](Nc2cc(Cl)ncc2[N+](=O)[O-])CC1. The van der Waals surface area contributed by atoms with Crippen LogP contribution in [-0.4, -0.2) is 27.9 Å². The lowest BCUT2D eigenvalue weighted by Gasteiger charge is -2.29. The zero-order chi connectivity index (χ0) is 17.0. The number of carbonyl (C=O) groups is 1. The van der Waals surface area contributed by atoms with Crippen LogP contribution < -0.4 is 10.6 Å². The molecule has 2 rings (SSSR count). The first-order chi connectivity index (χ1) is 10.9. The molecule has 1 aliphatic carbocycles. The summed E-state index contributed by atoms with van der Waals surface area (Å²) in [6.45, 7) is 3.88. The molecule has 7 nitrogen and oxygen atoms in total. The molecule has 1 saturated carbocycles. The molecule has 1 heterocycles. The van der Waals surface area contributed by atoms with E-state index >= 15 is 0 Å². The van der Waals surface area contributed by atoms with E-state index in [1.54, 1.807) is 0 Å². The lowest BCUT2D eigenvalue weighted by molar-refractivity contribution is -0.384. The quantitative estimate of drug-likeness (QED) is 0.487. The molecule has 126 valence electrons. The second-order valence-electron chi connectivity index (χ2n) is 6.14. The fourth-order valence-electron chi connectivity index (χ4n) is 2.81. The molecule has 0 atom stereocenters. The van der Waals surface area contributed by atoms with Crippen molar-refractivity contribution in [3.05, 3.63) is 27.5 Å². The molecule has 8 heteroatoms. The number of hydrogen-bond acceptors (Lipinski definition) is 5. The number of pyridine rings is 1. The maximum atomic E-state index is 12.0. The van der Waals surface area contributed by atoms with Crippen LogP contribution in [0.2, 0.25) is 5.15 Å². The number of rotatable bonds is 5. The number of aromatic nitrogens is 1. The molecule has 0 bridgehead atoms. The van der Waals surface area contributed by atoms with Crippen molar-refractivity contribution in [3.63, 3.8) is 0 Å². The van der Waals surface area contributed by atoms with Crippen LogP contribution in [0.15, 0.2) is 12.3 Å². The van der Waals surface area contributed by atoms with Crippen molar-refractivity contribution >= 4 is 28.9 Å². The van der Waals surface area contributed by atoms with Gasteiger partial charge in [-0.15, -0.1) is 0 Å². The van der Waals surface area contributed by atoms with Crippen LogP contribution >= 0.6 is 11.6 Å². The highest BCUT2D eigenvalue weighted by Gasteiger charge is 2.27. The summed E-state index contributed by atoms with van der Waals surface area (Å²) in [7, 11) is 0. The van der Waals surface area contributed by atoms with Crippen LogP contribution in [0.5, 0.6) is 0 Å². The number of nitro groups is 1. The first-order valence-electron chi connectivity index (χ1n) is 7.73. The molecule has 0 aliphatic heterocycles. The van der Waals surface area contributed by atoms with Crippen LogP contribution in [0.4, 0.5) is 11.4 Å². The van der Waals surface area contributed by atoms with Crippen LogP contribution in [-0.2, 0) is 4.79 Å². The summed E-state index contributed by atoms with van der Waals surface area (Å²) in [5.74, 6) is 0.114. The van der Waals surface area contributed by atoms with E-state index in [4.69, 9.17) is 11.6 Å². The molecule has 0 spiro atoms. The van der Waals surface area contributed by atoms with E-state index in [1.165, 1.54) is 6.07 Å². The average Bonchev–Trinajstić information content (AvgIpc) is 2.47. The van der Waals surface area contributed by atoms with E-state index in [1.807, 2.05) is 13.8 Å². The third kappa shape index (κ3) is 4.79. The zero-order valence-electron chi connectivity index (χ0n) is 13.2. The largest absolute Gasteiger partial charge is 0.377 e. The molecule has 1 fully saturated rings. The minimum atomic E-state index is -0.479. The Morgan fingerprint density at radius 3 is 2.61 bits per heavy atom. The molecule has 0 aromatic carbocycles. The molecule has 1 amide bonds. The van der Waals surface area contributed by atoms with Gasteiger partial charge in [0.1, 0.15) is 17.0 Å².